The number of sulfone groups is 1. The Balaban J connectivity index is 2.27. The number of halogens is 4. The van der Waals surface area contributed by atoms with Gasteiger partial charge in [-0.05, 0) is 20.8 Å². The van der Waals surface area contributed by atoms with E-state index in [1.165, 1.54) is 6.92 Å². The second-order valence-corrected chi connectivity index (χ2v) is 7.67. The molecule has 2 rings (SSSR count). The van der Waals surface area contributed by atoms with Gasteiger partial charge in [0.25, 0.3) is 0 Å². The number of hydrogen-bond donors (Lipinski definition) is 0. The molecule has 1 aliphatic heterocycles. The van der Waals surface area contributed by atoms with Gasteiger partial charge in [-0.1, -0.05) is 5.16 Å². The van der Waals surface area contributed by atoms with Crippen LogP contribution >= 0.6 is 0 Å². The zero-order valence-corrected chi connectivity index (χ0v) is 14.3. The predicted octanol–water partition coefficient (Wildman–Crippen LogP) is 2.91. The monoisotopic (exact) mass is 385 g/mol. The van der Waals surface area contributed by atoms with Gasteiger partial charge in [0.1, 0.15) is 5.60 Å². The minimum atomic E-state index is -4.22. The standard InChI is InChI=1S/C14H15F4NO5S/c1-4-22-12-8(15)10(17)13(11(18)9(12)16)23-6-25(20,21)7-5-14(2,3)24-19-7/h4-6H2,1-3H3. The quantitative estimate of drug-likeness (QED) is 0.576. The molecule has 0 spiro atoms. The molecule has 0 aromatic heterocycles. The molecule has 0 aliphatic carbocycles. The fraction of sp³-hybridized carbons (Fsp3) is 0.500. The molecule has 25 heavy (non-hydrogen) atoms. The lowest BCUT2D eigenvalue weighted by Gasteiger charge is -2.14. The third-order valence-electron chi connectivity index (χ3n) is 3.16. The molecule has 0 bridgehead atoms. The van der Waals surface area contributed by atoms with Crippen molar-refractivity contribution in [1.29, 1.82) is 0 Å². The summed E-state index contributed by atoms with van der Waals surface area (Å²) < 4.78 is 88.3. The van der Waals surface area contributed by atoms with Gasteiger partial charge in [-0.2, -0.15) is 17.6 Å². The number of nitrogens with zero attached hydrogens (tertiary/aromatic N) is 1. The van der Waals surface area contributed by atoms with Gasteiger partial charge >= 0.3 is 0 Å². The number of oxime groups is 1. The van der Waals surface area contributed by atoms with Crippen molar-refractivity contribution in [2.24, 2.45) is 5.16 Å². The van der Waals surface area contributed by atoms with Gasteiger partial charge in [-0.25, -0.2) is 8.42 Å². The van der Waals surface area contributed by atoms with Crippen LogP contribution in [-0.2, 0) is 14.7 Å². The SMILES string of the molecule is CCOc1c(F)c(F)c(OCS(=O)(=O)C2=NOC(C)(C)C2)c(F)c1F. The Morgan fingerprint density at radius 2 is 1.52 bits per heavy atom. The zero-order chi connectivity index (χ0) is 19.0. The lowest BCUT2D eigenvalue weighted by molar-refractivity contribution is 0.0123. The van der Waals surface area contributed by atoms with Crippen molar-refractivity contribution in [1.82, 2.24) is 0 Å². The molecule has 1 aliphatic rings. The Hall–Kier alpha value is -2.04. The minimum Gasteiger partial charge on any atom is -0.488 e. The average molecular weight is 385 g/mol. The summed E-state index contributed by atoms with van der Waals surface area (Å²) in [7, 11) is -4.22. The van der Waals surface area contributed by atoms with Crippen molar-refractivity contribution in [3.63, 3.8) is 0 Å². The molecule has 0 radical (unpaired) electrons. The third kappa shape index (κ3) is 3.80. The van der Waals surface area contributed by atoms with Crippen LogP contribution in [0, 0.1) is 23.3 Å². The molecule has 1 heterocycles. The third-order valence-corrected chi connectivity index (χ3v) is 4.53. The molecule has 0 saturated heterocycles. The van der Waals surface area contributed by atoms with Crippen LogP contribution in [-0.4, -0.2) is 31.6 Å². The van der Waals surface area contributed by atoms with E-state index in [9.17, 15) is 26.0 Å². The molecule has 0 fully saturated rings. The molecule has 6 nitrogen and oxygen atoms in total. The largest absolute Gasteiger partial charge is 0.488 e. The molecule has 140 valence electrons. The van der Waals surface area contributed by atoms with Gasteiger partial charge in [0.2, 0.25) is 33.1 Å². The van der Waals surface area contributed by atoms with Crippen LogP contribution in [0.15, 0.2) is 5.16 Å². The second kappa shape index (κ2) is 6.70. The van der Waals surface area contributed by atoms with Crippen LogP contribution < -0.4 is 9.47 Å². The van der Waals surface area contributed by atoms with Crippen molar-refractivity contribution in [2.75, 3.05) is 12.5 Å². The maximum absolute atomic E-state index is 13.9. The Kier molecular flexibility index (Phi) is 5.17. The minimum absolute atomic E-state index is 0.0876. The van der Waals surface area contributed by atoms with E-state index in [0.717, 1.165) is 0 Å². The maximum atomic E-state index is 13.9. The first-order chi connectivity index (χ1) is 11.5. The summed E-state index contributed by atoms with van der Waals surface area (Å²) in [5.74, 6) is -11.5. The van der Waals surface area contributed by atoms with Crippen LogP contribution in [0.2, 0.25) is 0 Å². The first kappa shape index (κ1) is 19.3. The summed E-state index contributed by atoms with van der Waals surface area (Å²) in [5.41, 5.74) is -0.865. The van der Waals surface area contributed by atoms with Crippen molar-refractivity contribution < 1.29 is 40.3 Å². The molecule has 0 atom stereocenters. The molecule has 11 heteroatoms. The van der Waals surface area contributed by atoms with E-state index in [1.807, 2.05) is 0 Å². The van der Waals surface area contributed by atoms with Crippen LogP contribution in [0.4, 0.5) is 17.6 Å². The Bertz CT molecular complexity index is 794. The van der Waals surface area contributed by atoms with E-state index < -0.39 is 61.2 Å². The van der Waals surface area contributed by atoms with Gasteiger partial charge in [-0.15, -0.1) is 0 Å². The van der Waals surface area contributed by atoms with E-state index in [1.54, 1.807) is 13.8 Å². The van der Waals surface area contributed by atoms with E-state index in [4.69, 9.17) is 4.84 Å². The van der Waals surface area contributed by atoms with Crippen LogP contribution in [0.3, 0.4) is 0 Å². The van der Waals surface area contributed by atoms with Crippen molar-refractivity contribution in [3.05, 3.63) is 23.3 Å². The molecule has 0 amide bonds. The Morgan fingerprint density at radius 3 is 1.92 bits per heavy atom. The summed E-state index contributed by atoms with van der Waals surface area (Å²) in [6.45, 7) is 4.28. The van der Waals surface area contributed by atoms with Gasteiger partial charge in [0.05, 0.1) is 6.61 Å². The summed E-state index contributed by atoms with van der Waals surface area (Å²) >= 11 is 0. The lowest BCUT2D eigenvalue weighted by Crippen LogP contribution is -2.26. The molecular formula is C14H15F4NO5S. The number of rotatable bonds is 5. The molecule has 0 unspecified atom stereocenters. The highest BCUT2D eigenvalue weighted by Gasteiger charge is 2.37. The summed E-state index contributed by atoms with van der Waals surface area (Å²) in [6.07, 6.45) is -0.0876. The summed E-state index contributed by atoms with van der Waals surface area (Å²) in [5, 5.41) is 2.99. The Morgan fingerprint density at radius 1 is 1.04 bits per heavy atom. The van der Waals surface area contributed by atoms with E-state index in [2.05, 4.69) is 14.6 Å². The smallest absolute Gasteiger partial charge is 0.230 e. The number of hydrogen-bond acceptors (Lipinski definition) is 6. The van der Waals surface area contributed by atoms with E-state index in [-0.39, 0.29) is 13.0 Å². The molecule has 1 aromatic carbocycles. The molecule has 0 saturated carbocycles. The highest BCUT2D eigenvalue weighted by molar-refractivity contribution is 8.06. The highest BCUT2D eigenvalue weighted by Crippen LogP contribution is 2.35. The van der Waals surface area contributed by atoms with Gasteiger partial charge < -0.3 is 14.3 Å². The molecule has 0 N–H and O–H groups in total. The van der Waals surface area contributed by atoms with E-state index in [0.29, 0.717) is 0 Å². The summed E-state index contributed by atoms with van der Waals surface area (Å²) in [6, 6.07) is 0. The molecule has 1 aromatic rings. The fourth-order valence-electron chi connectivity index (χ4n) is 1.96. The highest BCUT2D eigenvalue weighted by atomic mass is 32.2. The van der Waals surface area contributed by atoms with Crippen molar-refractivity contribution in [2.45, 2.75) is 32.8 Å². The second-order valence-electron chi connectivity index (χ2n) is 5.74. The normalized spacial score (nSPS) is 16.4. The van der Waals surface area contributed by atoms with Gasteiger partial charge in [-0.3, -0.25) is 0 Å². The fourth-order valence-corrected chi connectivity index (χ4v) is 3.09. The first-order valence-corrected chi connectivity index (χ1v) is 8.74. The lowest BCUT2D eigenvalue weighted by atomic mass is 10.1. The topological polar surface area (TPSA) is 74.2 Å². The zero-order valence-electron chi connectivity index (χ0n) is 13.5. The maximum Gasteiger partial charge on any atom is 0.230 e. The van der Waals surface area contributed by atoms with Gasteiger partial charge in [0.15, 0.2) is 22.5 Å². The van der Waals surface area contributed by atoms with Crippen molar-refractivity contribution in [3.8, 4) is 11.5 Å². The Labute approximate surface area is 141 Å². The summed E-state index contributed by atoms with van der Waals surface area (Å²) in [4.78, 5) is 4.89. The van der Waals surface area contributed by atoms with Gasteiger partial charge in [0, 0.05) is 6.42 Å². The van der Waals surface area contributed by atoms with Crippen molar-refractivity contribution >= 4 is 14.9 Å². The number of benzene rings is 1. The first-order valence-electron chi connectivity index (χ1n) is 7.09. The van der Waals surface area contributed by atoms with E-state index >= 15 is 0 Å². The number of ether oxygens (including phenoxy) is 2. The predicted molar refractivity (Wildman–Crippen MR) is 79.1 cm³/mol. The molecular weight excluding hydrogens is 370 g/mol. The van der Waals surface area contributed by atoms with Crippen LogP contribution in [0.5, 0.6) is 11.5 Å². The average Bonchev–Trinajstić information content (AvgIpc) is 2.90. The van der Waals surface area contributed by atoms with Crippen LogP contribution in [0.25, 0.3) is 0 Å². The van der Waals surface area contributed by atoms with Crippen LogP contribution in [0.1, 0.15) is 27.2 Å².